The normalized spacial score (nSPS) is 32.5. The van der Waals surface area contributed by atoms with Gasteiger partial charge in [-0.25, -0.2) is 0 Å². The maximum Gasteiger partial charge on any atom is -0.0417 e. The van der Waals surface area contributed by atoms with E-state index >= 15 is 0 Å². The van der Waals surface area contributed by atoms with Crippen LogP contribution in [-0.2, 0) is 0 Å². The first kappa shape index (κ1) is 10.1. The number of hydrogen-bond donors (Lipinski definition) is 0. The quantitative estimate of drug-likeness (QED) is 0.573. The zero-order chi connectivity index (χ0) is 8.81. The molecule has 0 nitrogen and oxygen atoms in total. The molecule has 1 fully saturated rings. The molecule has 0 saturated heterocycles. The van der Waals surface area contributed by atoms with Gasteiger partial charge in [0, 0.05) is 0 Å². The van der Waals surface area contributed by atoms with Gasteiger partial charge in [0.25, 0.3) is 0 Å². The van der Waals surface area contributed by atoms with Gasteiger partial charge in [-0.05, 0) is 11.8 Å². The van der Waals surface area contributed by atoms with Gasteiger partial charge in [-0.3, -0.25) is 0 Å². The van der Waals surface area contributed by atoms with Crippen LogP contribution in [0.25, 0.3) is 0 Å². The van der Waals surface area contributed by atoms with Crippen molar-refractivity contribution in [3.63, 3.8) is 0 Å². The molecule has 0 aromatic carbocycles. The third-order valence-corrected chi connectivity index (χ3v) is 3.61. The Kier molecular flexibility index (Phi) is 4.72. The molecule has 72 valence electrons. The van der Waals surface area contributed by atoms with Crippen molar-refractivity contribution in [1.29, 1.82) is 0 Å². The highest BCUT2D eigenvalue weighted by Crippen LogP contribution is 2.29. The average molecular weight is 168 g/mol. The first-order valence-electron chi connectivity index (χ1n) is 5.86. The molecule has 0 N–H and O–H groups in total. The number of rotatable bonds is 2. The summed E-state index contributed by atoms with van der Waals surface area (Å²) in [6, 6.07) is 0. The molecule has 2 unspecified atom stereocenters. The molecular weight excluding hydrogens is 144 g/mol. The Balaban J connectivity index is 2.28. The van der Waals surface area contributed by atoms with Crippen LogP contribution in [0.15, 0.2) is 0 Å². The lowest BCUT2D eigenvalue weighted by molar-refractivity contribution is 0.302. The summed E-state index contributed by atoms with van der Waals surface area (Å²) in [6.07, 6.45) is 11.8. The van der Waals surface area contributed by atoms with Gasteiger partial charge in [0.1, 0.15) is 0 Å². The molecule has 1 aliphatic rings. The topological polar surface area (TPSA) is 0 Å². The second-order valence-electron chi connectivity index (χ2n) is 4.41. The molecule has 0 heterocycles. The lowest BCUT2D eigenvalue weighted by Crippen LogP contribution is -2.08. The van der Waals surface area contributed by atoms with Crippen LogP contribution in [0, 0.1) is 11.8 Å². The van der Waals surface area contributed by atoms with Crippen molar-refractivity contribution in [2.24, 2.45) is 11.8 Å². The summed E-state index contributed by atoms with van der Waals surface area (Å²) in [7, 11) is 0. The first-order valence-corrected chi connectivity index (χ1v) is 5.86. The zero-order valence-electron chi connectivity index (χ0n) is 8.81. The van der Waals surface area contributed by atoms with Gasteiger partial charge in [-0.1, -0.05) is 65.2 Å². The van der Waals surface area contributed by atoms with Crippen LogP contribution in [0.3, 0.4) is 0 Å². The maximum absolute atomic E-state index is 2.35. The Bertz CT molecular complexity index is 92.6. The third-order valence-electron chi connectivity index (χ3n) is 3.61. The minimum Gasteiger partial charge on any atom is -0.0651 e. The predicted octanol–water partition coefficient (Wildman–Crippen LogP) is 4.39. The SMILES string of the molecule is CCC1CCCCC(CC)CC1. The summed E-state index contributed by atoms with van der Waals surface area (Å²) in [4.78, 5) is 0. The van der Waals surface area contributed by atoms with E-state index in [1.807, 2.05) is 0 Å². The molecular formula is C12H24. The van der Waals surface area contributed by atoms with Crippen LogP contribution in [0.4, 0.5) is 0 Å². The minimum absolute atomic E-state index is 1.05. The second-order valence-corrected chi connectivity index (χ2v) is 4.41. The highest BCUT2D eigenvalue weighted by molar-refractivity contribution is 4.67. The lowest BCUT2D eigenvalue weighted by Gasteiger charge is -2.23. The van der Waals surface area contributed by atoms with Crippen LogP contribution >= 0.6 is 0 Å². The zero-order valence-corrected chi connectivity index (χ0v) is 8.81. The van der Waals surface area contributed by atoms with E-state index in [0.29, 0.717) is 0 Å². The summed E-state index contributed by atoms with van der Waals surface area (Å²) < 4.78 is 0. The van der Waals surface area contributed by atoms with Gasteiger partial charge in [0.15, 0.2) is 0 Å². The molecule has 0 aromatic heterocycles. The van der Waals surface area contributed by atoms with E-state index in [9.17, 15) is 0 Å². The molecule has 0 spiro atoms. The molecule has 2 atom stereocenters. The second kappa shape index (κ2) is 5.61. The molecule has 1 rings (SSSR count). The van der Waals surface area contributed by atoms with Crippen molar-refractivity contribution in [2.75, 3.05) is 0 Å². The molecule has 1 saturated carbocycles. The molecule has 0 heteroatoms. The Labute approximate surface area is 77.7 Å². The Morgan fingerprint density at radius 1 is 0.750 bits per heavy atom. The van der Waals surface area contributed by atoms with E-state index < -0.39 is 0 Å². The molecule has 0 aromatic rings. The highest BCUT2D eigenvalue weighted by atomic mass is 14.2. The fraction of sp³-hybridized carbons (Fsp3) is 1.00. The Morgan fingerprint density at radius 2 is 1.17 bits per heavy atom. The summed E-state index contributed by atoms with van der Waals surface area (Å²) in [5.74, 6) is 2.11. The van der Waals surface area contributed by atoms with Gasteiger partial charge in [-0.15, -0.1) is 0 Å². The van der Waals surface area contributed by atoms with Crippen molar-refractivity contribution in [3.05, 3.63) is 0 Å². The van der Waals surface area contributed by atoms with Crippen molar-refractivity contribution in [3.8, 4) is 0 Å². The van der Waals surface area contributed by atoms with Crippen molar-refractivity contribution >= 4 is 0 Å². The van der Waals surface area contributed by atoms with Crippen LogP contribution < -0.4 is 0 Å². The van der Waals surface area contributed by atoms with E-state index in [2.05, 4.69) is 13.8 Å². The fourth-order valence-corrected chi connectivity index (χ4v) is 2.44. The Morgan fingerprint density at radius 3 is 1.50 bits per heavy atom. The summed E-state index contributed by atoms with van der Waals surface area (Å²) >= 11 is 0. The van der Waals surface area contributed by atoms with Crippen molar-refractivity contribution in [1.82, 2.24) is 0 Å². The Hall–Kier alpha value is 0. The van der Waals surface area contributed by atoms with Crippen LogP contribution in [0.5, 0.6) is 0 Å². The highest BCUT2D eigenvalue weighted by Gasteiger charge is 2.14. The molecule has 0 radical (unpaired) electrons. The van der Waals surface area contributed by atoms with E-state index in [1.54, 1.807) is 0 Å². The summed E-state index contributed by atoms with van der Waals surface area (Å²) in [5, 5.41) is 0. The first-order chi connectivity index (χ1) is 5.86. The smallest absolute Gasteiger partial charge is 0.0417 e. The van der Waals surface area contributed by atoms with E-state index in [4.69, 9.17) is 0 Å². The third kappa shape index (κ3) is 3.16. The molecule has 1 aliphatic carbocycles. The molecule has 0 bridgehead atoms. The van der Waals surface area contributed by atoms with Crippen LogP contribution in [0.2, 0.25) is 0 Å². The average Bonchev–Trinajstić information content (AvgIpc) is 2.05. The standard InChI is InChI=1S/C12H24/c1-3-11-7-5-6-8-12(4-2)10-9-11/h11-12H,3-10H2,1-2H3. The van der Waals surface area contributed by atoms with Crippen molar-refractivity contribution < 1.29 is 0 Å². The molecule has 0 amide bonds. The van der Waals surface area contributed by atoms with E-state index in [-0.39, 0.29) is 0 Å². The van der Waals surface area contributed by atoms with E-state index in [0.717, 1.165) is 11.8 Å². The predicted molar refractivity (Wildman–Crippen MR) is 55.3 cm³/mol. The van der Waals surface area contributed by atoms with Gasteiger partial charge >= 0.3 is 0 Å². The summed E-state index contributed by atoms with van der Waals surface area (Å²) in [5.41, 5.74) is 0. The number of hydrogen-bond acceptors (Lipinski definition) is 0. The minimum atomic E-state index is 1.05. The van der Waals surface area contributed by atoms with Gasteiger partial charge in [0.05, 0.1) is 0 Å². The van der Waals surface area contributed by atoms with Gasteiger partial charge in [-0.2, -0.15) is 0 Å². The summed E-state index contributed by atoms with van der Waals surface area (Å²) in [6.45, 7) is 4.71. The van der Waals surface area contributed by atoms with Crippen molar-refractivity contribution in [2.45, 2.75) is 65.2 Å². The van der Waals surface area contributed by atoms with Gasteiger partial charge < -0.3 is 0 Å². The van der Waals surface area contributed by atoms with Gasteiger partial charge in [0.2, 0.25) is 0 Å². The van der Waals surface area contributed by atoms with Crippen LogP contribution in [0.1, 0.15) is 65.2 Å². The molecule has 0 aliphatic heterocycles. The largest absolute Gasteiger partial charge is 0.0651 e. The molecule has 12 heavy (non-hydrogen) atoms. The van der Waals surface area contributed by atoms with Crippen LogP contribution in [-0.4, -0.2) is 0 Å². The fourth-order valence-electron chi connectivity index (χ4n) is 2.44. The van der Waals surface area contributed by atoms with E-state index in [1.165, 1.54) is 51.4 Å². The lowest BCUT2D eigenvalue weighted by atomic mass is 9.83. The monoisotopic (exact) mass is 168 g/mol. The maximum atomic E-state index is 2.35.